The van der Waals surface area contributed by atoms with Gasteiger partial charge in [0.15, 0.2) is 0 Å². The van der Waals surface area contributed by atoms with Crippen LogP contribution < -0.4 is 10.6 Å². The van der Waals surface area contributed by atoms with E-state index in [4.69, 9.17) is 0 Å². The molecule has 0 spiro atoms. The van der Waals surface area contributed by atoms with E-state index in [0.717, 1.165) is 12.1 Å². The topological polar surface area (TPSA) is 41.1 Å². The lowest BCUT2D eigenvalue weighted by Gasteiger charge is -2.08. The maximum atomic E-state index is 11.3. The van der Waals surface area contributed by atoms with Gasteiger partial charge >= 0.3 is 0 Å². The molecule has 0 saturated carbocycles. The Morgan fingerprint density at radius 3 is 2.62 bits per heavy atom. The largest absolute Gasteiger partial charge is 0.325 e. The zero-order valence-electron chi connectivity index (χ0n) is 9.96. The number of hydrogen-bond donors (Lipinski definition) is 2. The molecule has 0 bridgehead atoms. The average molecular weight is 243 g/mol. The number of halogens is 1. The highest BCUT2D eigenvalue weighted by molar-refractivity contribution is 5.92. The van der Waals surface area contributed by atoms with Crippen molar-refractivity contribution in [2.45, 2.75) is 20.3 Å². The summed E-state index contributed by atoms with van der Waals surface area (Å²) in [7, 11) is 1.76. The molecule has 2 N–H and O–H groups in total. The first-order valence-corrected chi connectivity index (χ1v) is 5.21. The van der Waals surface area contributed by atoms with Crippen molar-refractivity contribution in [1.29, 1.82) is 0 Å². The molecule has 0 fully saturated rings. The molecule has 0 radical (unpaired) electrons. The van der Waals surface area contributed by atoms with Crippen molar-refractivity contribution >= 4 is 24.0 Å². The normalized spacial score (nSPS) is 9.44. The summed E-state index contributed by atoms with van der Waals surface area (Å²) in [6, 6.07) is 6.00. The van der Waals surface area contributed by atoms with Crippen LogP contribution in [-0.2, 0) is 11.2 Å². The van der Waals surface area contributed by atoms with E-state index in [1.807, 2.05) is 18.2 Å². The number of rotatable bonds is 4. The van der Waals surface area contributed by atoms with Crippen molar-refractivity contribution < 1.29 is 4.79 Å². The van der Waals surface area contributed by atoms with Crippen LogP contribution in [0.1, 0.15) is 18.1 Å². The first-order valence-electron chi connectivity index (χ1n) is 5.21. The molecule has 0 aliphatic heterocycles. The molecule has 0 unspecified atom stereocenters. The third kappa shape index (κ3) is 4.21. The molecule has 1 aromatic carbocycles. The van der Waals surface area contributed by atoms with Crippen LogP contribution in [0.3, 0.4) is 0 Å². The predicted octanol–water partition coefficient (Wildman–Crippen LogP) is 2.14. The van der Waals surface area contributed by atoms with Crippen LogP contribution in [0, 0.1) is 6.92 Å². The SMILES string of the molecule is CCc1cc(NC(=O)CNC)ccc1C.Cl. The quantitative estimate of drug-likeness (QED) is 0.850. The molecular weight excluding hydrogens is 224 g/mol. The van der Waals surface area contributed by atoms with E-state index in [0.29, 0.717) is 6.54 Å². The van der Waals surface area contributed by atoms with Gasteiger partial charge in [-0.2, -0.15) is 0 Å². The lowest BCUT2D eigenvalue weighted by Crippen LogP contribution is -2.25. The van der Waals surface area contributed by atoms with Crippen molar-refractivity contribution in [2.75, 3.05) is 18.9 Å². The number of amides is 1. The molecule has 0 saturated heterocycles. The van der Waals surface area contributed by atoms with Gasteiger partial charge in [0.25, 0.3) is 0 Å². The highest BCUT2D eigenvalue weighted by Gasteiger charge is 2.02. The van der Waals surface area contributed by atoms with Gasteiger partial charge in [-0.25, -0.2) is 0 Å². The third-order valence-electron chi connectivity index (χ3n) is 2.35. The van der Waals surface area contributed by atoms with Crippen LogP contribution >= 0.6 is 12.4 Å². The standard InChI is InChI=1S/C12H18N2O.ClH/c1-4-10-7-11(6-5-9(10)2)14-12(15)8-13-3;/h5-7,13H,4,8H2,1-3H3,(H,14,15);1H. The van der Waals surface area contributed by atoms with Crippen LogP contribution in [0.2, 0.25) is 0 Å². The minimum atomic E-state index is -0.0107. The highest BCUT2D eigenvalue weighted by Crippen LogP contribution is 2.15. The number of anilines is 1. The van der Waals surface area contributed by atoms with E-state index in [9.17, 15) is 4.79 Å². The van der Waals surface area contributed by atoms with E-state index in [2.05, 4.69) is 24.5 Å². The van der Waals surface area contributed by atoms with Gasteiger partial charge in [-0.1, -0.05) is 13.0 Å². The van der Waals surface area contributed by atoms with Crippen molar-refractivity contribution in [3.63, 3.8) is 0 Å². The van der Waals surface area contributed by atoms with Crippen LogP contribution in [-0.4, -0.2) is 19.5 Å². The second kappa shape index (κ2) is 7.25. The van der Waals surface area contributed by atoms with Crippen LogP contribution in [0.25, 0.3) is 0 Å². The Hall–Kier alpha value is -1.06. The first kappa shape index (κ1) is 14.9. The van der Waals surface area contributed by atoms with Crippen molar-refractivity contribution in [2.24, 2.45) is 0 Å². The predicted molar refractivity (Wildman–Crippen MR) is 70.4 cm³/mol. The molecular formula is C12H19ClN2O. The molecule has 4 heteroatoms. The van der Waals surface area contributed by atoms with E-state index in [1.165, 1.54) is 11.1 Å². The van der Waals surface area contributed by atoms with E-state index in [1.54, 1.807) is 7.05 Å². The highest BCUT2D eigenvalue weighted by atomic mass is 35.5. The Morgan fingerprint density at radius 2 is 2.06 bits per heavy atom. The Balaban J connectivity index is 0.00000225. The summed E-state index contributed by atoms with van der Waals surface area (Å²) < 4.78 is 0. The first-order chi connectivity index (χ1) is 7.17. The molecule has 16 heavy (non-hydrogen) atoms. The summed E-state index contributed by atoms with van der Waals surface area (Å²) in [5.74, 6) is -0.0107. The number of hydrogen-bond acceptors (Lipinski definition) is 2. The molecule has 1 amide bonds. The maximum absolute atomic E-state index is 11.3. The third-order valence-corrected chi connectivity index (χ3v) is 2.35. The molecule has 0 heterocycles. The number of aryl methyl sites for hydroxylation is 2. The van der Waals surface area contributed by atoms with Crippen LogP contribution in [0.4, 0.5) is 5.69 Å². The van der Waals surface area contributed by atoms with E-state index < -0.39 is 0 Å². The zero-order valence-corrected chi connectivity index (χ0v) is 10.8. The summed E-state index contributed by atoms with van der Waals surface area (Å²) in [5, 5.41) is 5.66. The molecule has 90 valence electrons. The van der Waals surface area contributed by atoms with Gasteiger partial charge in [0.05, 0.1) is 6.54 Å². The van der Waals surface area contributed by atoms with Gasteiger partial charge in [0, 0.05) is 5.69 Å². The Labute approximate surface area is 103 Å². The Morgan fingerprint density at radius 1 is 1.38 bits per heavy atom. The van der Waals surface area contributed by atoms with Gasteiger partial charge in [0.1, 0.15) is 0 Å². The summed E-state index contributed by atoms with van der Waals surface area (Å²) in [5.41, 5.74) is 3.42. The Bertz CT molecular complexity index is 353. The summed E-state index contributed by atoms with van der Waals surface area (Å²) in [6.45, 7) is 4.54. The monoisotopic (exact) mass is 242 g/mol. The van der Waals surface area contributed by atoms with Gasteiger partial charge in [-0.3, -0.25) is 4.79 Å². The lowest BCUT2D eigenvalue weighted by molar-refractivity contribution is -0.115. The fraction of sp³-hybridized carbons (Fsp3) is 0.417. The second-order valence-corrected chi connectivity index (χ2v) is 3.57. The van der Waals surface area contributed by atoms with Gasteiger partial charge in [-0.05, 0) is 43.7 Å². The number of benzene rings is 1. The molecule has 1 rings (SSSR count). The minimum Gasteiger partial charge on any atom is -0.325 e. The van der Waals surface area contributed by atoms with Crippen LogP contribution in [0.15, 0.2) is 18.2 Å². The summed E-state index contributed by atoms with van der Waals surface area (Å²) in [4.78, 5) is 11.3. The molecule has 0 atom stereocenters. The fourth-order valence-electron chi connectivity index (χ4n) is 1.50. The fourth-order valence-corrected chi connectivity index (χ4v) is 1.50. The minimum absolute atomic E-state index is 0. The van der Waals surface area contributed by atoms with Gasteiger partial charge in [0.2, 0.25) is 5.91 Å². The maximum Gasteiger partial charge on any atom is 0.238 e. The van der Waals surface area contributed by atoms with Crippen molar-refractivity contribution in [3.8, 4) is 0 Å². The number of carbonyl (C=O) groups excluding carboxylic acids is 1. The number of likely N-dealkylation sites (N-methyl/N-ethyl adjacent to an activating group) is 1. The molecule has 0 aliphatic carbocycles. The summed E-state index contributed by atoms with van der Waals surface area (Å²) in [6.07, 6.45) is 0.988. The number of nitrogens with one attached hydrogen (secondary N) is 2. The van der Waals surface area contributed by atoms with Gasteiger partial charge < -0.3 is 10.6 Å². The van der Waals surface area contributed by atoms with Crippen LogP contribution in [0.5, 0.6) is 0 Å². The van der Waals surface area contributed by atoms with E-state index in [-0.39, 0.29) is 18.3 Å². The van der Waals surface area contributed by atoms with Crippen molar-refractivity contribution in [3.05, 3.63) is 29.3 Å². The van der Waals surface area contributed by atoms with Crippen molar-refractivity contribution in [1.82, 2.24) is 5.32 Å². The zero-order chi connectivity index (χ0) is 11.3. The molecule has 0 aliphatic rings. The Kier molecular flexibility index (Phi) is 6.77. The number of carbonyl (C=O) groups is 1. The smallest absolute Gasteiger partial charge is 0.238 e. The molecule has 0 aromatic heterocycles. The molecule has 1 aromatic rings. The lowest BCUT2D eigenvalue weighted by atomic mass is 10.1. The average Bonchev–Trinajstić information content (AvgIpc) is 2.21. The second-order valence-electron chi connectivity index (χ2n) is 3.57. The van der Waals surface area contributed by atoms with E-state index >= 15 is 0 Å². The van der Waals surface area contributed by atoms with Gasteiger partial charge in [-0.15, -0.1) is 12.4 Å². The summed E-state index contributed by atoms with van der Waals surface area (Å²) >= 11 is 0. The molecule has 3 nitrogen and oxygen atoms in total.